The van der Waals surface area contributed by atoms with Gasteiger partial charge in [0.05, 0.1) is 23.9 Å². The zero-order chi connectivity index (χ0) is 15.0. The maximum atomic E-state index is 13.9. The second kappa shape index (κ2) is 4.80. The molecule has 2 N–H and O–H groups in total. The molecular weight excluding hydrogens is 271 g/mol. The van der Waals surface area contributed by atoms with Crippen molar-refractivity contribution in [1.82, 2.24) is 9.55 Å². The molecule has 3 aromatic rings. The fourth-order valence-corrected chi connectivity index (χ4v) is 2.27. The molecule has 0 atom stereocenters. The number of benzene rings is 2. The summed E-state index contributed by atoms with van der Waals surface area (Å²) in [6, 6.07) is 11.8. The molecule has 0 spiro atoms. The number of fused-ring (bicyclic) bond motifs is 1. The number of rotatable bonds is 2. The third-order valence-corrected chi connectivity index (χ3v) is 3.23. The van der Waals surface area contributed by atoms with E-state index in [0.717, 1.165) is 0 Å². The number of methoxy groups -OCH3 is 1. The van der Waals surface area contributed by atoms with Crippen LogP contribution < -0.4 is 10.5 Å². The Bertz CT molecular complexity index is 879. The van der Waals surface area contributed by atoms with Gasteiger partial charge in [0, 0.05) is 6.07 Å². The number of nitrogen functional groups attached to an aromatic ring is 1. The third-order valence-electron chi connectivity index (χ3n) is 3.23. The number of anilines is 1. The van der Waals surface area contributed by atoms with Crippen molar-refractivity contribution in [2.45, 2.75) is 0 Å². The number of para-hydroxylation sites is 1. The number of halogens is 1. The minimum atomic E-state index is -0.493. The normalized spacial score (nSPS) is 10.5. The first-order valence-electron chi connectivity index (χ1n) is 6.16. The summed E-state index contributed by atoms with van der Waals surface area (Å²) in [4.78, 5) is 4.20. The highest BCUT2D eigenvalue weighted by Gasteiger charge is 2.14. The summed E-state index contributed by atoms with van der Waals surface area (Å²) in [6.45, 7) is 0. The molecule has 0 radical (unpaired) electrons. The molecular formula is C15H11FN4O. The molecule has 21 heavy (non-hydrogen) atoms. The highest BCUT2D eigenvalue weighted by Crippen LogP contribution is 2.27. The lowest BCUT2D eigenvalue weighted by Gasteiger charge is -2.08. The van der Waals surface area contributed by atoms with Crippen molar-refractivity contribution < 1.29 is 9.13 Å². The van der Waals surface area contributed by atoms with Crippen LogP contribution in [0.2, 0.25) is 0 Å². The van der Waals surface area contributed by atoms with Crippen molar-refractivity contribution in [3.05, 3.63) is 47.8 Å². The standard InChI is InChI=1S/C15H11FN4O/c1-21-13-6-5-10(7-11(13)16)20-12-4-2-3-9(8-17)14(12)19-15(20)18/h2-7H,1H3,(H2,18,19). The summed E-state index contributed by atoms with van der Waals surface area (Å²) < 4.78 is 20.4. The van der Waals surface area contributed by atoms with E-state index in [1.165, 1.54) is 19.2 Å². The molecule has 0 amide bonds. The summed E-state index contributed by atoms with van der Waals surface area (Å²) >= 11 is 0. The zero-order valence-electron chi connectivity index (χ0n) is 11.2. The molecule has 0 saturated heterocycles. The van der Waals surface area contributed by atoms with E-state index in [9.17, 15) is 4.39 Å². The summed E-state index contributed by atoms with van der Waals surface area (Å²) in [5.74, 6) is -0.149. The molecule has 1 aromatic heterocycles. The SMILES string of the molecule is COc1ccc(-n2c(N)nc3c(C#N)cccc32)cc1F. The smallest absolute Gasteiger partial charge is 0.205 e. The van der Waals surface area contributed by atoms with Gasteiger partial charge in [-0.05, 0) is 24.3 Å². The van der Waals surface area contributed by atoms with Crippen LogP contribution in [0, 0.1) is 17.1 Å². The third kappa shape index (κ3) is 1.96. The molecule has 0 bridgehead atoms. The van der Waals surface area contributed by atoms with E-state index in [4.69, 9.17) is 15.7 Å². The van der Waals surface area contributed by atoms with E-state index in [1.807, 2.05) is 0 Å². The van der Waals surface area contributed by atoms with Crippen LogP contribution in [0.1, 0.15) is 5.56 Å². The highest BCUT2D eigenvalue weighted by molar-refractivity contribution is 5.85. The van der Waals surface area contributed by atoms with E-state index in [1.54, 1.807) is 28.8 Å². The van der Waals surface area contributed by atoms with Gasteiger partial charge in [-0.2, -0.15) is 5.26 Å². The molecule has 104 valence electrons. The van der Waals surface area contributed by atoms with Crippen molar-refractivity contribution in [2.75, 3.05) is 12.8 Å². The van der Waals surface area contributed by atoms with E-state index in [-0.39, 0.29) is 11.7 Å². The topological polar surface area (TPSA) is 76.9 Å². The molecule has 3 rings (SSSR count). The van der Waals surface area contributed by atoms with Gasteiger partial charge < -0.3 is 10.5 Å². The van der Waals surface area contributed by atoms with E-state index < -0.39 is 5.82 Å². The summed E-state index contributed by atoms with van der Waals surface area (Å²) in [5.41, 5.74) is 8.00. The van der Waals surface area contributed by atoms with Gasteiger partial charge in [-0.15, -0.1) is 0 Å². The molecule has 6 heteroatoms. The minimum absolute atomic E-state index is 0.152. The minimum Gasteiger partial charge on any atom is -0.494 e. The molecule has 5 nitrogen and oxygen atoms in total. The first kappa shape index (κ1) is 12.9. The average molecular weight is 282 g/mol. The Balaban J connectivity index is 2.28. The average Bonchev–Trinajstić information content (AvgIpc) is 2.82. The second-order valence-corrected chi connectivity index (χ2v) is 4.41. The van der Waals surface area contributed by atoms with Crippen LogP contribution in [0.4, 0.5) is 10.3 Å². The number of nitrogens with zero attached hydrogens (tertiary/aromatic N) is 3. The maximum Gasteiger partial charge on any atom is 0.205 e. The number of ether oxygens (including phenoxy) is 1. The van der Waals surface area contributed by atoms with Crippen LogP contribution in [0.15, 0.2) is 36.4 Å². The van der Waals surface area contributed by atoms with Gasteiger partial charge in [-0.25, -0.2) is 9.37 Å². The van der Waals surface area contributed by atoms with E-state index in [0.29, 0.717) is 22.3 Å². The number of imidazole rings is 1. The van der Waals surface area contributed by atoms with Crippen molar-refractivity contribution in [3.63, 3.8) is 0 Å². The quantitative estimate of drug-likeness (QED) is 0.783. The number of nitrogens with two attached hydrogens (primary N) is 1. The molecule has 2 aromatic carbocycles. The summed E-state index contributed by atoms with van der Waals surface area (Å²) in [6.07, 6.45) is 0. The molecule has 0 fully saturated rings. The summed E-state index contributed by atoms with van der Waals surface area (Å²) in [7, 11) is 1.40. The summed E-state index contributed by atoms with van der Waals surface area (Å²) in [5, 5.41) is 9.10. The van der Waals surface area contributed by atoms with E-state index in [2.05, 4.69) is 11.1 Å². The predicted molar refractivity (Wildman–Crippen MR) is 76.7 cm³/mol. The largest absolute Gasteiger partial charge is 0.494 e. The Kier molecular flexibility index (Phi) is 2.95. The zero-order valence-corrected chi connectivity index (χ0v) is 11.2. The Morgan fingerprint density at radius 1 is 1.33 bits per heavy atom. The van der Waals surface area contributed by atoms with E-state index >= 15 is 0 Å². The van der Waals surface area contributed by atoms with Gasteiger partial charge in [0.2, 0.25) is 5.95 Å². The fraction of sp³-hybridized carbons (Fsp3) is 0.0667. The van der Waals surface area contributed by atoms with Crippen LogP contribution in [-0.4, -0.2) is 16.7 Å². The molecule has 0 aliphatic rings. The van der Waals surface area contributed by atoms with Gasteiger partial charge in [-0.1, -0.05) is 6.07 Å². The van der Waals surface area contributed by atoms with Crippen LogP contribution in [0.3, 0.4) is 0 Å². The second-order valence-electron chi connectivity index (χ2n) is 4.41. The van der Waals surface area contributed by atoms with Gasteiger partial charge in [0.15, 0.2) is 11.6 Å². The lowest BCUT2D eigenvalue weighted by molar-refractivity contribution is 0.386. The van der Waals surface area contributed by atoms with Crippen molar-refractivity contribution in [1.29, 1.82) is 5.26 Å². The van der Waals surface area contributed by atoms with Crippen LogP contribution in [0.25, 0.3) is 16.7 Å². The fourth-order valence-electron chi connectivity index (χ4n) is 2.27. The Morgan fingerprint density at radius 2 is 2.14 bits per heavy atom. The molecule has 0 unspecified atom stereocenters. The van der Waals surface area contributed by atoms with Crippen molar-refractivity contribution in [3.8, 4) is 17.5 Å². The highest BCUT2D eigenvalue weighted by atomic mass is 19.1. The lowest BCUT2D eigenvalue weighted by atomic mass is 10.2. The first-order valence-corrected chi connectivity index (χ1v) is 6.16. The molecule has 0 aliphatic heterocycles. The molecule has 0 aliphatic carbocycles. The molecule has 0 saturated carbocycles. The number of nitriles is 1. The maximum absolute atomic E-state index is 13.9. The molecule has 1 heterocycles. The monoisotopic (exact) mass is 282 g/mol. The Hall–Kier alpha value is -3.07. The van der Waals surface area contributed by atoms with Crippen molar-refractivity contribution in [2.24, 2.45) is 0 Å². The van der Waals surface area contributed by atoms with Crippen LogP contribution >= 0.6 is 0 Å². The number of hydrogen-bond acceptors (Lipinski definition) is 4. The number of aromatic nitrogens is 2. The Morgan fingerprint density at radius 3 is 2.81 bits per heavy atom. The lowest BCUT2D eigenvalue weighted by Crippen LogP contribution is -2.01. The van der Waals surface area contributed by atoms with Gasteiger partial charge in [-0.3, -0.25) is 4.57 Å². The Labute approximate surface area is 120 Å². The van der Waals surface area contributed by atoms with Gasteiger partial charge >= 0.3 is 0 Å². The predicted octanol–water partition coefficient (Wildman–Crippen LogP) is 2.63. The van der Waals surface area contributed by atoms with Gasteiger partial charge in [0.1, 0.15) is 11.6 Å². The van der Waals surface area contributed by atoms with Crippen LogP contribution in [-0.2, 0) is 0 Å². The van der Waals surface area contributed by atoms with Crippen LogP contribution in [0.5, 0.6) is 5.75 Å². The van der Waals surface area contributed by atoms with Gasteiger partial charge in [0.25, 0.3) is 0 Å². The van der Waals surface area contributed by atoms with Crippen molar-refractivity contribution >= 4 is 17.0 Å². The first-order chi connectivity index (χ1) is 10.2. The number of hydrogen-bond donors (Lipinski definition) is 1.